The molecule has 0 atom stereocenters. The SMILES string of the molecule is O=C(CCSc1ccccc1)Nc1nc(-c2ccc(-c3ccccc3)cc2)cs1. The molecule has 0 aliphatic rings. The van der Waals surface area contributed by atoms with Gasteiger partial charge in [-0.15, -0.1) is 23.1 Å². The summed E-state index contributed by atoms with van der Waals surface area (Å²) < 4.78 is 0. The molecular weight excluding hydrogens is 396 g/mol. The fourth-order valence-corrected chi connectivity index (χ4v) is 4.50. The molecule has 1 amide bonds. The Morgan fingerprint density at radius 3 is 2.17 bits per heavy atom. The van der Waals surface area contributed by atoms with Gasteiger partial charge in [0.2, 0.25) is 5.91 Å². The molecule has 0 saturated heterocycles. The van der Waals surface area contributed by atoms with Crippen LogP contribution >= 0.6 is 23.1 Å². The fourth-order valence-electron chi connectivity index (χ4n) is 2.89. The summed E-state index contributed by atoms with van der Waals surface area (Å²) in [7, 11) is 0. The van der Waals surface area contributed by atoms with Gasteiger partial charge in [0, 0.05) is 28.0 Å². The lowest BCUT2D eigenvalue weighted by Crippen LogP contribution is -2.11. The molecule has 1 heterocycles. The molecule has 1 N–H and O–H groups in total. The Morgan fingerprint density at radius 1 is 0.828 bits per heavy atom. The first-order chi connectivity index (χ1) is 14.3. The number of nitrogens with zero attached hydrogens (tertiary/aromatic N) is 1. The molecule has 4 aromatic rings. The predicted molar refractivity (Wildman–Crippen MR) is 123 cm³/mol. The standard InChI is InChI=1S/C24H20N2OS2/c27-23(15-16-28-21-9-5-2-6-10-21)26-24-25-22(17-29-24)20-13-11-19(12-14-20)18-7-3-1-4-8-18/h1-14,17H,15-16H2,(H,25,26,27). The normalized spacial score (nSPS) is 10.6. The summed E-state index contributed by atoms with van der Waals surface area (Å²) >= 11 is 3.14. The molecule has 0 spiro atoms. The van der Waals surface area contributed by atoms with E-state index in [0.29, 0.717) is 11.6 Å². The third kappa shape index (κ3) is 5.34. The van der Waals surface area contributed by atoms with Crippen molar-refractivity contribution in [2.24, 2.45) is 0 Å². The second-order valence-corrected chi connectivity index (χ2v) is 8.47. The first kappa shape index (κ1) is 19.4. The summed E-state index contributed by atoms with van der Waals surface area (Å²) in [6, 6.07) is 28.7. The highest BCUT2D eigenvalue weighted by Gasteiger charge is 2.09. The summed E-state index contributed by atoms with van der Waals surface area (Å²) in [6.45, 7) is 0. The van der Waals surface area contributed by atoms with Crippen LogP contribution in [0.15, 0.2) is 95.2 Å². The minimum atomic E-state index is -0.00578. The molecule has 4 rings (SSSR count). The second-order valence-electron chi connectivity index (χ2n) is 6.44. The van der Waals surface area contributed by atoms with Crippen LogP contribution in [0, 0.1) is 0 Å². The summed E-state index contributed by atoms with van der Waals surface area (Å²) in [5, 5.41) is 5.53. The van der Waals surface area contributed by atoms with E-state index in [1.165, 1.54) is 27.4 Å². The van der Waals surface area contributed by atoms with E-state index >= 15 is 0 Å². The third-order valence-electron chi connectivity index (χ3n) is 4.38. The maximum atomic E-state index is 12.2. The van der Waals surface area contributed by atoms with Crippen molar-refractivity contribution in [1.82, 2.24) is 4.98 Å². The molecule has 0 bridgehead atoms. The number of anilines is 1. The van der Waals surface area contributed by atoms with Gasteiger partial charge >= 0.3 is 0 Å². The molecule has 0 unspecified atom stereocenters. The fraction of sp³-hybridized carbons (Fsp3) is 0.0833. The van der Waals surface area contributed by atoms with E-state index in [-0.39, 0.29) is 5.91 Å². The monoisotopic (exact) mass is 416 g/mol. The number of amides is 1. The molecule has 3 aromatic carbocycles. The minimum Gasteiger partial charge on any atom is -0.302 e. The maximum absolute atomic E-state index is 12.2. The minimum absolute atomic E-state index is 0.00578. The van der Waals surface area contributed by atoms with E-state index in [1.54, 1.807) is 11.8 Å². The van der Waals surface area contributed by atoms with Crippen LogP contribution in [0.25, 0.3) is 22.4 Å². The number of hydrogen-bond acceptors (Lipinski definition) is 4. The highest BCUT2D eigenvalue weighted by Crippen LogP contribution is 2.28. The Balaban J connectivity index is 1.32. The van der Waals surface area contributed by atoms with Gasteiger partial charge in [-0.3, -0.25) is 4.79 Å². The zero-order valence-electron chi connectivity index (χ0n) is 15.7. The van der Waals surface area contributed by atoms with Crippen molar-refractivity contribution < 1.29 is 4.79 Å². The van der Waals surface area contributed by atoms with Crippen molar-refractivity contribution >= 4 is 34.1 Å². The first-order valence-electron chi connectivity index (χ1n) is 9.37. The van der Waals surface area contributed by atoms with Gasteiger partial charge in [-0.25, -0.2) is 4.98 Å². The van der Waals surface area contributed by atoms with Crippen molar-refractivity contribution in [3.63, 3.8) is 0 Å². The van der Waals surface area contributed by atoms with Gasteiger partial charge in [0.15, 0.2) is 5.13 Å². The molecule has 0 saturated carbocycles. The molecule has 29 heavy (non-hydrogen) atoms. The lowest BCUT2D eigenvalue weighted by Gasteiger charge is -2.03. The molecule has 5 heteroatoms. The lowest BCUT2D eigenvalue weighted by atomic mass is 10.0. The Bertz CT molecular complexity index is 1060. The maximum Gasteiger partial charge on any atom is 0.226 e. The van der Waals surface area contributed by atoms with Gasteiger partial charge < -0.3 is 5.32 Å². The van der Waals surface area contributed by atoms with Gasteiger partial charge in [0.05, 0.1) is 5.69 Å². The molecule has 0 fully saturated rings. The van der Waals surface area contributed by atoms with E-state index in [1.807, 2.05) is 41.8 Å². The highest BCUT2D eigenvalue weighted by atomic mass is 32.2. The van der Waals surface area contributed by atoms with Crippen LogP contribution in [0.4, 0.5) is 5.13 Å². The molecule has 0 aliphatic carbocycles. The van der Waals surface area contributed by atoms with Gasteiger partial charge in [0.25, 0.3) is 0 Å². The second kappa shape index (κ2) is 9.54. The van der Waals surface area contributed by atoms with Crippen LogP contribution < -0.4 is 5.32 Å². The highest BCUT2D eigenvalue weighted by molar-refractivity contribution is 7.99. The predicted octanol–water partition coefficient (Wildman–Crippen LogP) is 6.60. The van der Waals surface area contributed by atoms with Gasteiger partial charge in [-0.2, -0.15) is 0 Å². The topological polar surface area (TPSA) is 42.0 Å². The van der Waals surface area contributed by atoms with Gasteiger partial charge in [-0.05, 0) is 23.3 Å². The largest absolute Gasteiger partial charge is 0.302 e. The first-order valence-corrected chi connectivity index (χ1v) is 11.2. The average Bonchev–Trinajstić information content (AvgIpc) is 3.23. The number of nitrogens with one attached hydrogen (secondary N) is 1. The number of hydrogen-bond donors (Lipinski definition) is 1. The number of aromatic nitrogens is 1. The molecule has 144 valence electrons. The van der Waals surface area contributed by atoms with E-state index in [0.717, 1.165) is 17.0 Å². The number of benzene rings is 3. The number of carbonyl (C=O) groups excluding carboxylic acids is 1. The molecule has 3 nitrogen and oxygen atoms in total. The van der Waals surface area contributed by atoms with E-state index in [2.05, 4.69) is 58.8 Å². The summed E-state index contributed by atoms with van der Waals surface area (Å²) in [4.78, 5) is 17.9. The van der Waals surface area contributed by atoms with Crippen LogP contribution in [0.3, 0.4) is 0 Å². The van der Waals surface area contributed by atoms with Crippen LogP contribution in [0.1, 0.15) is 6.42 Å². The molecular formula is C24H20N2OS2. The third-order valence-corrected chi connectivity index (χ3v) is 6.15. The Morgan fingerprint density at radius 2 is 1.45 bits per heavy atom. The number of thioether (sulfide) groups is 1. The van der Waals surface area contributed by atoms with Crippen molar-refractivity contribution in [2.75, 3.05) is 11.1 Å². The lowest BCUT2D eigenvalue weighted by molar-refractivity contribution is -0.115. The summed E-state index contributed by atoms with van der Waals surface area (Å²) in [5.74, 6) is 0.739. The Kier molecular flexibility index (Phi) is 6.39. The van der Waals surface area contributed by atoms with Crippen LogP contribution in [0.2, 0.25) is 0 Å². The molecule has 1 aromatic heterocycles. The smallest absolute Gasteiger partial charge is 0.226 e. The summed E-state index contributed by atoms with van der Waals surface area (Å²) in [5.41, 5.74) is 4.29. The number of thiazole rings is 1. The van der Waals surface area contributed by atoms with E-state index < -0.39 is 0 Å². The number of carbonyl (C=O) groups is 1. The van der Waals surface area contributed by atoms with Crippen LogP contribution in [-0.4, -0.2) is 16.6 Å². The van der Waals surface area contributed by atoms with Crippen molar-refractivity contribution in [3.05, 3.63) is 90.3 Å². The average molecular weight is 417 g/mol. The van der Waals surface area contributed by atoms with Crippen LogP contribution in [-0.2, 0) is 4.79 Å². The van der Waals surface area contributed by atoms with Crippen molar-refractivity contribution in [1.29, 1.82) is 0 Å². The van der Waals surface area contributed by atoms with E-state index in [9.17, 15) is 4.79 Å². The quantitative estimate of drug-likeness (QED) is 0.345. The van der Waals surface area contributed by atoms with Gasteiger partial charge in [0.1, 0.15) is 0 Å². The van der Waals surface area contributed by atoms with Crippen molar-refractivity contribution in [3.8, 4) is 22.4 Å². The Hall–Kier alpha value is -2.89. The number of rotatable bonds is 7. The van der Waals surface area contributed by atoms with Gasteiger partial charge in [-0.1, -0.05) is 72.8 Å². The van der Waals surface area contributed by atoms with E-state index in [4.69, 9.17) is 0 Å². The zero-order chi connectivity index (χ0) is 19.9. The zero-order valence-corrected chi connectivity index (χ0v) is 17.4. The van der Waals surface area contributed by atoms with Crippen molar-refractivity contribution in [2.45, 2.75) is 11.3 Å². The summed E-state index contributed by atoms with van der Waals surface area (Å²) in [6.07, 6.45) is 0.459. The molecule has 0 radical (unpaired) electrons. The van der Waals surface area contributed by atoms with Crippen LogP contribution in [0.5, 0.6) is 0 Å². The Labute approximate surface area is 178 Å². The molecule has 0 aliphatic heterocycles.